The Morgan fingerprint density at radius 3 is 2.91 bits per heavy atom. The number of nitrogens with one attached hydrogen (secondary N) is 1. The van der Waals surface area contributed by atoms with Crippen molar-refractivity contribution in [1.82, 2.24) is 10.3 Å². The minimum atomic E-state index is -0.0566. The molecule has 3 rings (SSSR count). The van der Waals surface area contributed by atoms with E-state index in [4.69, 9.17) is 4.42 Å². The van der Waals surface area contributed by atoms with Gasteiger partial charge in [-0.25, -0.2) is 4.98 Å². The summed E-state index contributed by atoms with van der Waals surface area (Å²) < 4.78 is 5.19. The molecule has 23 heavy (non-hydrogen) atoms. The first-order valence-electron chi connectivity index (χ1n) is 7.43. The van der Waals surface area contributed by atoms with Crippen molar-refractivity contribution in [3.63, 3.8) is 0 Å². The largest absolute Gasteiger partial charge is 0.467 e. The number of amides is 1. The van der Waals surface area contributed by atoms with Gasteiger partial charge in [-0.1, -0.05) is 23.8 Å². The van der Waals surface area contributed by atoms with E-state index >= 15 is 0 Å². The summed E-state index contributed by atoms with van der Waals surface area (Å²) in [4.78, 5) is 16.6. The lowest BCUT2D eigenvalue weighted by molar-refractivity contribution is -0.120. The molecule has 0 unspecified atom stereocenters. The molecule has 118 valence electrons. The molecule has 0 bridgehead atoms. The number of benzene rings is 1. The smallest absolute Gasteiger partial charge is 0.226 e. The fourth-order valence-electron chi connectivity index (χ4n) is 2.39. The number of furan rings is 1. The lowest BCUT2D eigenvalue weighted by Gasteiger charge is -2.03. The van der Waals surface area contributed by atoms with E-state index in [1.807, 2.05) is 11.4 Å². The molecule has 1 N–H and O–H groups in total. The number of thiazole rings is 1. The van der Waals surface area contributed by atoms with Gasteiger partial charge in [-0.05, 0) is 31.5 Å². The van der Waals surface area contributed by atoms with E-state index in [9.17, 15) is 4.79 Å². The summed E-state index contributed by atoms with van der Waals surface area (Å²) in [7, 11) is 0. The number of hydrogen-bond acceptors (Lipinski definition) is 4. The van der Waals surface area contributed by atoms with E-state index in [0.29, 0.717) is 6.54 Å². The van der Waals surface area contributed by atoms with Crippen molar-refractivity contribution in [1.29, 1.82) is 0 Å². The monoisotopic (exact) mass is 326 g/mol. The maximum atomic E-state index is 12.0. The number of carbonyl (C=O) groups excluding carboxylic acids is 1. The number of carbonyl (C=O) groups is 1. The molecule has 0 atom stereocenters. The molecule has 2 aromatic heterocycles. The molecule has 0 fully saturated rings. The highest BCUT2D eigenvalue weighted by atomic mass is 32.1. The summed E-state index contributed by atoms with van der Waals surface area (Å²) in [6, 6.07) is 9.95. The lowest BCUT2D eigenvalue weighted by atomic mass is 10.1. The number of nitrogens with zero attached hydrogens (tertiary/aromatic N) is 1. The normalized spacial score (nSPS) is 10.7. The maximum absolute atomic E-state index is 12.0. The van der Waals surface area contributed by atoms with Crippen molar-refractivity contribution in [2.75, 3.05) is 0 Å². The second-order valence-corrected chi connectivity index (χ2v) is 6.35. The van der Waals surface area contributed by atoms with Gasteiger partial charge in [0.05, 0.1) is 24.9 Å². The zero-order valence-corrected chi connectivity index (χ0v) is 13.9. The predicted octanol–water partition coefficient (Wildman–Crippen LogP) is 3.88. The fourth-order valence-corrected chi connectivity index (χ4v) is 3.30. The quantitative estimate of drug-likeness (QED) is 0.774. The Morgan fingerprint density at radius 1 is 1.30 bits per heavy atom. The van der Waals surface area contributed by atoms with Crippen LogP contribution in [0.5, 0.6) is 0 Å². The fraction of sp³-hybridized carbons (Fsp3) is 0.222. The van der Waals surface area contributed by atoms with Crippen LogP contribution in [0.2, 0.25) is 0 Å². The van der Waals surface area contributed by atoms with Gasteiger partial charge in [0, 0.05) is 10.9 Å². The molecule has 0 aliphatic heterocycles. The zero-order valence-electron chi connectivity index (χ0n) is 13.1. The Bertz CT molecular complexity index is 806. The van der Waals surface area contributed by atoms with Crippen molar-refractivity contribution in [2.24, 2.45) is 0 Å². The van der Waals surface area contributed by atoms with E-state index in [1.54, 1.807) is 23.7 Å². The predicted molar refractivity (Wildman–Crippen MR) is 91.3 cm³/mol. The average Bonchev–Trinajstić information content (AvgIpc) is 3.17. The van der Waals surface area contributed by atoms with E-state index < -0.39 is 0 Å². The Balaban J connectivity index is 1.63. The number of hydrogen-bond donors (Lipinski definition) is 1. The lowest BCUT2D eigenvalue weighted by Crippen LogP contribution is -2.24. The SMILES string of the molecule is Cc1ccc(-c2nc(CC(=O)NCc3ccco3)cs2)c(C)c1. The minimum absolute atomic E-state index is 0.0566. The molecule has 0 aliphatic carbocycles. The molecule has 2 heterocycles. The van der Waals surface area contributed by atoms with E-state index in [0.717, 1.165) is 22.0 Å². The maximum Gasteiger partial charge on any atom is 0.226 e. The topological polar surface area (TPSA) is 55.1 Å². The van der Waals surface area contributed by atoms with Crippen molar-refractivity contribution in [2.45, 2.75) is 26.8 Å². The summed E-state index contributed by atoms with van der Waals surface area (Å²) in [5.74, 6) is 0.687. The molecule has 0 radical (unpaired) electrons. The molecule has 5 heteroatoms. The second-order valence-electron chi connectivity index (χ2n) is 5.50. The average molecular weight is 326 g/mol. The molecule has 0 aliphatic rings. The summed E-state index contributed by atoms with van der Waals surface area (Å²) >= 11 is 1.57. The van der Waals surface area contributed by atoms with Gasteiger partial charge in [0.25, 0.3) is 0 Å². The van der Waals surface area contributed by atoms with Gasteiger partial charge < -0.3 is 9.73 Å². The highest BCUT2D eigenvalue weighted by molar-refractivity contribution is 7.13. The van der Waals surface area contributed by atoms with E-state index in [2.05, 4.69) is 42.3 Å². The van der Waals surface area contributed by atoms with Gasteiger partial charge in [0.2, 0.25) is 5.91 Å². The van der Waals surface area contributed by atoms with Gasteiger partial charge in [-0.15, -0.1) is 11.3 Å². The van der Waals surface area contributed by atoms with Crippen LogP contribution in [0.25, 0.3) is 10.6 Å². The first-order chi connectivity index (χ1) is 11.1. The van der Waals surface area contributed by atoms with Crippen molar-refractivity contribution >= 4 is 17.2 Å². The van der Waals surface area contributed by atoms with Gasteiger partial charge in [-0.2, -0.15) is 0 Å². The van der Waals surface area contributed by atoms with Crippen molar-refractivity contribution in [3.05, 3.63) is 64.6 Å². The van der Waals surface area contributed by atoms with Gasteiger partial charge in [0.1, 0.15) is 10.8 Å². The summed E-state index contributed by atoms with van der Waals surface area (Å²) in [5, 5.41) is 5.73. The Hall–Kier alpha value is -2.40. The summed E-state index contributed by atoms with van der Waals surface area (Å²) in [6.45, 7) is 4.56. The van der Waals surface area contributed by atoms with Crippen LogP contribution in [0.15, 0.2) is 46.4 Å². The second kappa shape index (κ2) is 6.79. The van der Waals surface area contributed by atoms with Gasteiger partial charge in [0.15, 0.2) is 0 Å². The van der Waals surface area contributed by atoms with Crippen LogP contribution >= 0.6 is 11.3 Å². The molecular formula is C18H18N2O2S. The van der Waals surface area contributed by atoms with Gasteiger partial charge >= 0.3 is 0 Å². The molecule has 4 nitrogen and oxygen atoms in total. The third kappa shape index (κ3) is 3.87. The van der Waals surface area contributed by atoms with E-state index in [1.165, 1.54) is 11.1 Å². The van der Waals surface area contributed by atoms with Crippen LogP contribution in [0.4, 0.5) is 0 Å². The first-order valence-corrected chi connectivity index (χ1v) is 8.31. The van der Waals surface area contributed by atoms with Crippen LogP contribution in [0.1, 0.15) is 22.6 Å². The Labute approximate surface area is 139 Å². The third-order valence-corrected chi connectivity index (χ3v) is 4.47. The molecule has 0 saturated carbocycles. The molecule has 0 spiro atoms. The van der Waals surface area contributed by atoms with Crippen LogP contribution in [-0.4, -0.2) is 10.9 Å². The van der Waals surface area contributed by atoms with Crippen LogP contribution in [0, 0.1) is 13.8 Å². The van der Waals surface area contributed by atoms with Crippen LogP contribution in [-0.2, 0) is 17.8 Å². The molecule has 3 aromatic rings. The third-order valence-electron chi connectivity index (χ3n) is 3.55. The molecular weight excluding hydrogens is 308 g/mol. The molecule has 0 saturated heterocycles. The first kappa shape index (κ1) is 15.5. The zero-order chi connectivity index (χ0) is 16.2. The Kier molecular flexibility index (Phi) is 4.57. The number of aromatic nitrogens is 1. The molecule has 1 amide bonds. The van der Waals surface area contributed by atoms with Crippen LogP contribution < -0.4 is 5.32 Å². The standard InChI is InChI=1S/C18H18N2O2S/c1-12-5-6-16(13(2)8-12)18-20-14(11-23-18)9-17(21)19-10-15-4-3-7-22-15/h3-8,11H,9-10H2,1-2H3,(H,19,21). The molecule has 1 aromatic carbocycles. The van der Waals surface area contributed by atoms with Gasteiger partial charge in [-0.3, -0.25) is 4.79 Å². The highest BCUT2D eigenvalue weighted by Crippen LogP contribution is 2.27. The van der Waals surface area contributed by atoms with Crippen molar-refractivity contribution < 1.29 is 9.21 Å². The van der Waals surface area contributed by atoms with Crippen molar-refractivity contribution in [3.8, 4) is 10.6 Å². The highest BCUT2D eigenvalue weighted by Gasteiger charge is 2.11. The number of rotatable bonds is 5. The van der Waals surface area contributed by atoms with E-state index in [-0.39, 0.29) is 12.3 Å². The van der Waals surface area contributed by atoms with Crippen LogP contribution in [0.3, 0.4) is 0 Å². The Morgan fingerprint density at radius 2 is 2.17 bits per heavy atom. The summed E-state index contributed by atoms with van der Waals surface area (Å²) in [6.07, 6.45) is 1.88. The summed E-state index contributed by atoms with van der Waals surface area (Å²) in [5.41, 5.74) is 4.36. The number of aryl methyl sites for hydroxylation is 2. The minimum Gasteiger partial charge on any atom is -0.467 e.